The van der Waals surface area contributed by atoms with Crippen molar-refractivity contribution in [2.24, 2.45) is 0 Å². The Balaban J connectivity index is 0.869. The molecule has 10 aromatic carbocycles. The third kappa shape index (κ3) is 9.73. The lowest BCUT2D eigenvalue weighted by Crippen LogP contribution is -2.00. The molecule has 0 saturated carbocycles. The van der Waals surface area contributed by atoms with E-state index in [9.17, 15) is 0 Å². The summed E-state index contributed by atoms with van der Waals surface area (Å²) in [6.45, 7) is 4.34. The van der Waals surface area contributed by atoms with Crippen molar-refractivity contribution < 1.29 is 0 Å². The first-order valence-corrected chi connectivity index (χ1v) is 25.1. The van der Waals surface area contributed by atoms with E-state index in [-0.39, 0.29) is 0 Å². The third-order valence-corrected chi connectivity index (χ3v) is 13.7. The zero-order chi connectivity index (χ0) is 49.8. The number of aromatic nitrogens is 4. The Hall–Kier alpha value is -9.64. The fourth-order valence-corrected chi connectivity index (χ4v) is 9.79. The summed E-state index contributed by atoms with van der Waals surface area (Å²) in [5, 5.41) is 0. The van der Waals surface area contributed by atoms with Crippen LogP contribution in [0.15, 0.2) is 267 Å². The number of pyridine rings is 1. The lowest BCUT2D eigenvalue weighted by Gasteiger charge is -2.13. The summed E-state index contributed by atoms with van der Waals surface area (Å²) in [5.74, 6) is 1.90. The van der Waals surface area contributed by atoms with Gasteiger partial charge < -0.3 is 0 Å². The molecule has 0 spiro atoms. The maximum Gasteiger partial charge on any atom is 0.164 e. The van der Waals surface area contributed by atoms with Gasteiger partial charge in [-0.2, -0.15) is 0 Å². The van der Waals surface area contributed by atoms with E-state index in [1.807, 2.05) is 60.7 Å². The highest BCUT2D eigenvalue weighted by Crippen LogP contribution is 2.37. The summed E-state index contributed by atoms with van der Waals surface area (Å²) in [4.78, 5) is 20.3. The molecule has 0 bridgehead atoms. The Kier molecular flexibility index (Phi) is 12.4. The predicted octanol–water partition coefficient (Wildman–Crippen LogP) is 18.2. The van der Waals surface area contributed by atoms with Crippen LogP contribution in [-0.4, -0.2) is 19.9 Å². The van der Waals surface area contributed by atoms with Crippen LogP contribution in [0.4, 0.5) is 0 Å². The standard InChI is InChI=1S/C70H50N4/c1-47-36-37-48(2)65(38-47)60-32-14-28-56(41-60)52-24-12-25-53(39-52)57-29-15-33-61(42-57)66-45-64(49-18-6-3-7-19-49)46-67(71-66)62-34-16-30-58(43-62)54-26-13-27-55(40-54)59-31-17-35-63(44-59)70-73-68(50-20-8-4-9-21-50)72-69(74-70)51-22-10-5-11-23-51/h3-46H,1-2H3. The van der Waals surface area contributed by atoms with Crippen LogP contribution in [0.3, 0.4) is 0 Å². The molecule has 0 aliphatic carbocycles. The van der Waals surface area contributed by atoms with Gasteiger partial charge in [0.25, 0.3) is 0 Å². The maximum absolute atomic E-state index is 5.42. The predicted molar refractivity (Wildman–Crippen MR) is 307 cm³/mol. The zero-order valence-electron chi connectivity index (χ0n) is 41.2. The maximum atomic E-state index is 5.42. The number of aryl methyl sites for hydroxylation is 2. The van der Waals surface area contributed by atoms with Crippen molar-refractivity contribution in [3.05, 3.63) is 278 Å². The quantitative estimate of drug-likeness (QED) is 0.130. The van der Waals surface area contributed by atoms with Crippen molar-refractivity contribution in [1.29, 1.82) is 0 Å². The molecule has 4 heteroatoms. The Morgan fingerprint density at radius 2 is 0.514 bits per heavy atom. The van der Waals surface area contributed by atoms with Crippen LogP contribution >= 0.6 is 0 Å². The van der Waals surface area contributed by atoms with Crippen molar-refractivity contribution in [2.75, 3.05) is 0 Å². The second-order valence-corrected chi connectivity index (χ2v) is 18.8. The summed E-state index contributed by atoms with van der Waals surface area (Å²) in [6, 6.07) is 94.4. The molecule has 0 atom stereocenters. The van der Waals surface area contributed by atoms with Crippen molar-refractivity contribution >= 4 is 0 Å². The fourth-order valence-electron chi connectivity index (χ4n) is 9.79. The largest absolute Gasteiger partial charge is 0.248 e. The van der Waals surface area contributed by atoms with E-state index in [2.05, 4.69) is 220 Å². The molecular formula is C70H50N4. The van der Waals surface area contributed by atoms with E-state index in [1.165, 1.54) is 33.4 Å². The van der Waals surface area contributed by atoms with Gasteiger partial charge in [0, 0.05) is 27.8 Å². The van der Waals surface area contributed by atoms with Crippen LogP contribution in [-0.2, 0) is 0 Å². The van der Waals surface area contributed by atoms with E-state index in [4.69, 9.17) is 19.9 Å². The molecular weight excluding hydrogens is 897 g/mol. The summed E-state index contributed by atoms with van der Waals surface area (Å²) < 4.78 is 0. The van der Waals surface area contributed by atoms with E-state index < -0.39 is 0 Å². The van der Waals surface area contributed by atoms with Gasteiger partial charge in [-0.1, -0.05) is 224 Å². The van der Waals surface area contributed by atoms with E-state index in [0.717, 1.165) is 83.7 Å². The summed E-state index contributed by atoms with van der Waals surface area (Å²) >= 11 is 0. The summed E-state index contributed by atoms with van der Waals surface area (Å²) in [7, 11) is 0. The number of hydrogen-bond donors (Lipinski definition) is 0. The minimum atomic E-state index is 0.625. The highest BCUT2D eigenvalue weighted by Gasteiger charge is 2.16. The van der Waals surface area contributed by atoms with Gasteiger partial charge in [-0.05, 0) is 135 Å². The van der Waals surface area contributed by atoms with Gasteiger partial charge in [-0.3, -0.25) is 0 Å². The molecule has 0 saturated heterocycles. The van der Waals surface area contributed by atoms with Gasteiger partial charge in [0.1, 0.15) is 0 Å². The molecule has 0 aliphatic rings. The Morgan fingerprint density at radius 1 is 0.203 bits per heavy atom. The third-order valence-electron chi connectivity index (χ3n) is 13.7. The molecule has 0 aliphatic heterocycles. The van der Waals surface area contributed by atoms with Crippen LogP contribution in [0.5, 0.6) is 0 Å². The molecule has 0 amide bonds. The minimum absolute atomic E-state index is 0.625. The van der Waals surface area contributed by atoms with Crippen molar-refractivity contribution in [1.82, 2.24) is 19.9 Å². The summed E-state index contributed by atoms with van der Waals surface area (Å²) in [5.41, 5.74) is 23.0. The van der Waals surface area contributed by atoms with Gasteiger partial charge in [0.15, 0.2) is 17.5 Å². The summed E-state index contributed by atoms with van der Waals surface area (Å²) in [6.07, 6.45) is 0. The molecule has 2 heterocycles. The lowest BCUT2D eigenvalue weighted by molar-refractivity contribution is 1.07. The average molecular weight is 947 g/mol. The monoisotopic (exact) mass is 946 g/mol. The van der Waals surface area contributed by atoms with Gasteiger partial charge in [-0.15, -0.1) is 0 Å². The number of benzene rings is 10. The van der Waals surface area contributed by atoms with Crippen LogP contribution in [0, 0.1) is 13.8 Å². The molecule has 0 radical (unpaired) electrons. The topological polar surface area (TPSA) is 51.6 Å². The van der Waals surface area contributed by atoms with E-state index in [0.29, 0.717) is 17.5 Å². The first kappa shape index (κ1) is 45.5. The van der Waals surface area contributed by atoms with E-state index in [1.54, 1.807) is 0 Å². The number of hydrogen-bond acceptors (Lipinski definition) is 4. The van der Waals surface area contributed by atoms with Crippen molar-refractivity contribution in [3.8, 4) is 123 Å². The highest BCUT2D eigenvalue weighted by molar-refractivity contribution is 5.84. The Labute approximate surface area is 433 Å². The molecule has 2 aromatic heterocycles. The zero-order valence-corrected chi connectivity index (χ0v) is 41.2. The smallest absolute Gasteiger partial charge is 0.164 e. The molecule has 12 aromatic rings. The molecule has 0 unspecified atom stereocenters. The SMILES string of the molecule is Cc1ccc(C)c(-c2cccc(-c3cccc(-c4cccc(-c5cc(-c6ccccc6)cc(-c6cccc(-c7cccc(-c8cccc(-c9nc(-c%10ccccc%10)nc(-c%10ccccc%10)n9)c8)c7)c6)n5)c4)c3)c2)c1. The molecule has 74 heavy (non-hydrogen) atoms. The lowest BCUT2D eigenvalue weighted by atomic mass is 9.93. The highest BCUT2D eigenvalue weighted by atomic mass is 15.0. The fraction of sp³-hybridized carbons (Fsp3) is 0.0286. The van der Waals surface area contributed by atoms with Crippen molar-refractivity contribution in [2.45, 2.75) is 13.8 Å². The molecule has 0 N–H and O–H groups in total. The average Bonchev–Trinajstić information content (AvgIpc) is 3.48. The second kappa shape index (κ2) is 20.2. The minimum Gasteiger partial charge on any atom is -0.248 e. The molecule has 350 valence electrons. The van der Waals surface area contributed by atoms with Gasteiger partial charge in [0.05, 0.1) is 11.4 Å². The molecule has 12 rings (SSSR count). The second-order valence-electron chi connectivity index (χ2n) is 18.8. The first-order chi connectivity index (χ1) is 36.4. The normalized spacial score (nSPS) is 11.1. The molecule has 0 fully saturated rings. The number of rotatable bonds is 11. The van der Waals surface area contributed by atoms with Gasteiger partial charge in [0.2, 0.25) is 0 Å². The van der Waals surface area contributed by atoms with Crippen molar-refractivity contribution in [3.63, 3.8) is 0 Å². The van der Waals surface area contributed by atoms with Crippen LogP contribution in [0.25, 0.3) is 123 Å². The first-order valence-electron chi connectivity index (χ1n) is 25.1. The van der Waals surface area contributed by atoms with Crippen LogP contribution in [0.1, 0.15) is 11.1 Å². The van der Waals surface area contributed by atoms with Gasteiger partial charge in [-0.25, -0.2) is 19.9 Å². The van der Waals surface area contributed by atoms with E-state index >= 15 is 0 Å². The molecule has 4 nitrogen and oxygen atoms in total. The van der Waals surface area contributed by atoms with Crippen LogP contribution < -0.4 is 0 Å². The number of nitrogens with zero attached hydrogens (tertiary/aromatic N) is 4. The van der Waals surface area contributed by atoms with Crippen LogP contribution in [0.2, 0.25) is 0 Å². The Bertz CT molecular complexity index is 3920. The van der Waals surface area contributed by atoms with Gasteiger partial charge >= 0.3 is 0 Å². The Morgan fingerprint density at radius 3 is 0.946 bits per heavy atom.